The van der Waals surface area contributed by atoms with Gasteiger partial charge >= 0.3 is 6.03 Å². The molecule has 1 fully saturated rings. The zero-order valence-corrected chi connectivity index (χ0v) is 17.8. The average molecular weight is 397 g/mol. The Morgan fingerprint density at radius 2 is 1.52 bits per heavy atom. The van der Waals surface area contributed by atoms with Crippen molar-refractivity contribution in [1.29, 1.82) is 0 Å². The van der Waals surface area contributed by atoms with Gasteiger partial charge in [0.2, 0.25) is 5.79 Å². The van der Waals surface area contributed by atoms with E-state index in [1.807, 2.05) is 30.3 Å². The second-order valence-electron chi connectivity index (χ2n) is 8.10. The van der Waals surface area contributed by atoms with Gasteiger partial charge in [0.15, 0.2) is 0 Å². The minimum atomic E-state index is -0.949. The zero-order valence-electron chi connectivity index (χ0n) is 17.8. The van der Waals surface area contributed by atoms with Crippen LogP contribution in [0.1, 0.15) is 62.6 Å². The van der Waals surface area contributed by atoms with E-state index in [1.165, 1.54) is 0 Å². The van der Waals surface area contributed by atoms with Gasteiger partial charge in [0.05, 0.1) is 19.8 Å². The van der Waals surface area contributed by atoms with Gasteiger partial charge in [-0.15, -0.1) is 0 Å². The second kappa shape index (κ2) is 9.42. The molecule has 5 heteroatoms. The van der Waals surface area contributed by atoms with Crippen LogP contribution < -0.4 is 10.6 Å². The van der Waals surface area contributed by atoms with Gasteiger partial charge < -0.3 is 20.1 Å². The molecular weight excluding hydrogens is 364 g/mol. The fourth-order valence-electron chi connectivity index (χ4n) is 3.69. The van der Waals surface area contributed by atoms with Crippen LogP contribution in [0.5, 0.6) is 0 Å². The fourth-order valence-corrected chi connectivity index (χ4v) is 3.69. The number of urea groups is 1. The van der Waals surface area contributed by atoms with Crippen LogP contribution in [0.15, 0.2) is 48.5 Å². The minimum Gasteiger partial charge on any atom is -0.344 e. The molecule has 1 aliphatic rings. The number of carbonyl (C=O) groups excluding carboxylic acids is 1. The molecule has 1 aliphatic heterocycles. The molecule has 156 valence electrons. The summed E-state index contributed by atoms with van der Waals surface area (Å²) in [5.41, 5.74) is 4.07. The van der Waals surface area contributed by atoms with Crippen LogP contribution in [0.4, 0.5) is 10.5 Å². The Morgan fingerprint density at radius 1 is 0.931 bits per heavy atom. The van der Waals surface area contributed by atoms with E-state index >= 15 is 0 Å². The standard InChI is InChI=1S/C24H32N2O3/c1-17(2)20-12-8-13-21(18(3)4)22(20)26-23(27)25-16-24(28-14-9-15-29-24)19-10-6-5-7-11-19/h5-8,10-13,17-18H,9,14-16H2,1-4H3,(H2,25,26,27). The van der Waals surface area contributed by atoms with Gasteiger partial charge in [0.1, 0.15) is 0 Å². The van der Waals surface area contributed by atoms with Crippen molar-refractivity contribution in [2.24, 2.45) is 0 Å². The SMILES string of the molecule is CC(C)c1cccc(C(C)C)c1NC(=O)NCC1(c2ccccc2)OCCCO1. The molecule has 0 aliphatic carbocycles. The van der Waals surface area contributed by atoms with Crippen LogP contribution in [-0.2, 0) is 15.3 Å². The largest absolute Gasteiger partial charge is 0.344 e. The molecule has 29 heavy (non-hydrogen) atoms. The fraction of sp³-hybridized carbons (Fsp3) is 0.458. The smallest absolute Gasteiger partial charge is 0.319 e. The van der Waals surface area contributed by atoms with Crippen molar-refractivity contribution in [3.63, 3.8) is 0 Å². The van der Waals surface area contributed by atoms with Gasteiger partial charge in [0.25, 0.3) is 0 Å². The normalized spacial score (nSPS) is 16.1. The Hall–Kier alpha value is -2.37. The molecule has 5 nitrogen and oxygen atoms in total. The van der Waals surface area contributed by atoms with Crippen molar-refractivity contribution < 1.29 is 14.3 Å². The lowest BCUT2D eigenvalue weighted by molar-refractivity contribution is -0.271. The van der Waals surface area contributed by atoms with Gasteiger partial charge in [0, 0.05) is 11.3 Å². The maximum Gasteiger partial charge on any atom is 0.319 e. The highest BCUT2D eigenvalue weighted by molar-refractivity contribution is 5.91. The van der Waals surface area contributed by atoms with Gasteiger partial charge in [-0.05, 0) is 29.4 Å². The summed E-state index contributed by atoms with van der Waals surface area (Å²) in [6, 6.07) is 15.7. The van der Waals surface area contributed by atoms with Crippen LogP contribution in [0.3, 0.4) is 0 Å². The van der Waals surface area contributed by atoms with Crippen LogP contribution in [-0.4, -0.2) is 25.8 Å². The Kier molecular flexibility index (Phi) is 6.93. The summed E-state index contributed by atoms with van der Waals surface area (Å²) in [6.07, 6.45) is 0.848. The molecule has 0 atom stereocenters. The Morgan fingerprint density at radius 3 is 2.07 bits per heavy atom. The summed E-state index contributed by atoms with van der Waals surface area (Å²) >= 11 is 0. The van der Waals surface area contributed by atoms with Crippen molar-refractivity contribution >= 4 is 11.7 Å². The predicted molar refractivity (Wildman–Crippen MR) is 116 cm³/mol. The highest BCUT2D eigenvalue weighted by Crippen LogP contribution is 2.33. The summed E-state index contributed by atoms with van der Waals surface area (Å²) in [4.78, 5) is 12.8. The lowest BCUT2D eigenvalue weighted by Gasteiger charge is -2.37. The van der Waals surface area contributed by atoms with Gasteiger partial charge in [-0.3, -0.25) is 0 Å². The first-order valence-electron chi connectivity index (χ1n) is 10.4. The monoisotopic (exact) mass is 396 g/mol. The number of hydrogen-bond acceptors (Lipinski definition) is 3. The van der Waals surface area contributed by atoms with Gasteiger partial charge in [-0.25, -0.2) is 4.79 Å². The van der Waals surface area contributed by atoms with Gasteiger partial charge in [-0.1, -0.05) is 76.2 Å². The number of carbonyl (C=O) groups is 1. The number of benzene rings is 2. The molecular formula is C24H32N2O3. The first-order valence-corrected chi connectivity index (χ1v) is 10.4. The van der Waals surface area contributed by atoms with E-state index in [1.54, 1.807) is 0 Å². The van der Waals surface area contributed by atoms with Crippen molar-refractivity contribution in [3.05, 3.63) is 65.2 Å². The topological polar surface area (TPSA) is 59.6 Å². The van der Waals surface area contributed by atoms with E-state index in [0.29, 0.717) is 25.0 Å². The van der Waals surface area contributed by atoms with Crippen LogP contribution in [0.25, 0.3) is 0 Å². The lowest BCUT2D eigenvalue weighted by atomic mass is 9.93. The summed E-state index contributed by atoms with van der Waals surface area (Å²) in [5.74, 6) is -0.329. The molecule has 2 amide bonds. The van der Waals surface area contributed by atoms with Crippen molar-refractivity contribution in [1.82, 2.24) is 5.32 Å². The molecule has 3 rings (SSSR count). The Bertz CT molecular complexity index is 786. The van der Waals surface area contributed by atoms with Crippen molar-refractivity contribution in [2.45, 2.75) is 51.7 Å². The molecule has 0 aromatic heterocycles. The molecule has 2 aromatic rings. The summed E-state index contributed by atoms with van der Waals surface area (Å²) in [7, 11) is 0. The summed E-state index contributed by atoms with van der Waals surface area (Å²) in [5, 5.41) is 6.06. The number of hydrogen-bond donors (Lipinski definition) is 2. The number of para-hydroxylation sites is 1. The van der Waals surface area contributed by atoms with Crippen LogP contribution in [0, 0.1) is 0 Å². The highest BCUT2D eigenvalue weighted by Gasteiger charge is 2.37. The number of ether oxygens (including phenoxy) is 2. The molecule has 0 spiro atoms. The number of amides is 2. The van der Waals surface area contributed by atoms with Crippen molar-refractivity contribution in [2.75, 3.05) is 25.1 Å². The van der Waals surface area contributed by atoms with E-state index in [9.17, 15) is 4.79 Å². The second-order valence-corrected chi connectivity index (χ2v) is 8.10. The molecule has 0 radical (unpaired) electrons. The average Bonchev–Trinajstić information content (AvgIpc) is 2.73. The molecule has 0 bridgehead atoms. The van der Waals surface area contributed by atoms with E-state index < -0.39 is 5.79 Å². The number of rotatable bonds is 6. The Balaban J connectivity index is 1.77. The van der Waals surface area contributed by atoms with E-state index in [0.717, 1.165) is 28.8 Å². The quantitative estimate of drug-likeness (QED) is 0.692. The summed E-state index contributed by atoms with van der Waals surface area (Å²) in [6.45, 7) is 9.99. The van der Waals surface area contributed by atoms with E-state index in [-0.39, 0.29) is 12.6 Å². The van der Waals surface area contributed by atoms with Gasteiger partial charge in [-0.2, -0.15) is 0 Å². The number of anilines is 1. The third-order valence-corrected chi connectivity index (χ3v) is 5.27. The first kappa shape index (κ1) is 21.3. The first-order chi connectivity index (χ1) is 13.9. The van der Waals surface area contributed by atoms with E-state index in [4.69, 9.17) is 9.47 Å². The minimum absolute atomic E-state index is 0.240. The predicted octanol–water partition coefficient (Wildman–Crippen LogP) is 5.34. The highest BCUT2D eigenvalue weighted by atomic mass is 16.7. The zero-order chi connectivity index (χ0) is 20.9. The molecule has 0 unspecified atom stereocenters. The molecule has 2 aromatic carbocycles. The maximum absolute atomic E-state index is 12.8. The number of nitrogens with one attached hydrogen (secondary N) is 2. The molecule has 0 saturated carbocycles. The summed E-state index contributed by atoms with van der Waals surface area (Å²) < 4.78 is 12.0. The van der Waals surface area contributed by atoms with Crippen molar-refractivity contribution in [3.8, 4) is 0 Å². The molecule has 1 saturated heterocycles. The van der Waals surface area contributed by atoms with Crippen LogP contribution in [0.2, 0.25) is 0 Å². The molecule has 2 N–H and O–H groups in total. The third kappa shape index (κ3) is 4.98. The lowest BCUT2D eigenvalue weighted by Crippen LogP contribution is -2.48. The molecule has 1 heterocycles. The maximum atomic E-state index is 12.8. The third-order valence-electron chi connectivity index (χ3n) is 5.27. The Labute approximate surface area is 173 Å². The van der Waals surface area contributed by atoms with Crippen LogP contribution >= 0.6 is 0 Å². The van der Waals surface area contributed by atoms with E-state index in [2.05, 4.69) is 56.5 Å².